The highest BCUT2D eigenvalue weighted by atomic mass is 19.1. The molecule has 0 bridgehead atoms. The van der Waals surface area contributed by atoms with Crippen LogP contribution in [0.5, 0.6) is 0 Å². The van der Waals surface area contributed by atoms with Crippen LogP contribution >= 0.6 is 0 Å². The maximum absolute atomic E-state index is 12.4. The Balaban J connectivity index is 2.00. The van der Waals surface area contributed by atoms with Gasteiger partial charge in [-0.25, -0.2) is 4.39 Å². The number of alkyl halides is 1. The van der Waals surface area contributed by atoms with Gasteiger partial charge in [-0.15, -0.1) is 0 Å². The molecule has 4 atom stereocenters. The van der Waals surface area contributed by atoms with Gasteiger partial charge in [0.2, 0.25) is 0 Å². The number of fused-ring (bicyclic) bond motifs is 1. The van der Waals surface area contributed by atoms with Crippen molar-refractivity contribution < 1.29 is 4.39 Å². The van der Waals surface area contributed by atoms with Gasteiger partial charge in [-0.2, -0.15) is 0 Å². The molecule has 0 saturated heterocycles. The van der Waals surface area contributed by atoms with Crippen molar-refractivity contribution in [2.45, 2.75) is 25.9 Å². The summed E-state index contributed by atoms with van der Waals surface area (Å²) < 4.78 is 12.4. The summed E-state index contributed by atoms with van der Waals surface area (Å²) in [7, 11) is 0. The van der Waals surface area contributed by atoms with E-state index in [0.717, 1.165) is 30.6 Å². The van der Waals surface area contributed by atoms with Gasteiger partial charge in [0.15, 0.2) is 0 Å². The summed E-state index contributed by atoms with van der Waals surface area (Å²) in [5.41, 5.74) is 0. The zero-order chi connectivity index (χ0) is 5.72. The smallest absolute Gasteiger partial charge is 0.101 e. The van der Waals surface area contributed by atoms with E-state index in [4.69, 9.17) is 0 Å². The van der Waals surface area contributed by atoms with E-state index in [2.05, 4.69) is 6.92 Å². The van der Waals surface area contributed by atoms with Crippen molar-refractivity contribution >= 4 is 0 Å². The van der Waals surface area contributed by atoms with Crippen LogP contribution in [-0.2, 0) is 0 Å². The summed E-state index contributed by atoms with van der Waals surface area (Å²) in [4.78, 5) is 0. The summed E-state index contributed by atoms with van der Waals surface area (Å²) in [6.45, 7) is 2.24. The van der Waals surface area contributed by atoms with Crippen molar-refractivity contribution in [3.05, 3.63) is 0 Å². The molecule has 0 nitrogen and oxygen atoms in total. The zero-order valence-electron chi connectivity index (χ0n) is 5.10. The summed E-state index contributed by atoms with van der Waals surface area (Å²) in [6.07, 6.45) is 1.29. The Hall–Kier alpha value is -0.0700. The lowest BCUT2D eigenvalue weighted by Gasteiger charge is -1.98. The maximum atomic E-state index is 12.4. The SMILES string of the molecule is C[C@H]1[C@H]2C[C@@H](F)C[C@@H]12. The van der Waals surface area contributed by atoms with Crippen molar-refractivity contribution in [2.24, 2.45) is 17.8 Å². The van der Waals surface area contributed by atoms with Crippen molar-refractivity contribution in [1.82, 2.24) is 0 Å². The average molecular weight is 114 g/mol. The summed E-state index contributed by atoms with van der Waals surface area (Å²) in [5, 5.41) is 0. The molecule has 46 valence electrons. The molecule has 8 heavy (non-hydrogen) atoms. The first-order valence-electron chi connectivity index (χ1n) is 3.43. The molecule has 0 radical (unpaired) electrons. The standard InChI is InChI=1S/C7H11F/c1-4-6-2-5(8)3-7(4)6/h4-7H,2-3H2,1H3/t4-,5+,6+,7-. The van der Waals surface area contributed by atoms with Crippen molar-refractivity contribution in [3.8, 4) is 0 Å². The third kappa shape index (κ3) is 0.448. The third-order valence-corrected chi connectivity index (χ3v) is 2.82. The van der Waals surface area contributed by atoms with Crippen molar-refractivity contribution in [2.75, 3.05) is 0 Å². The highest BCUT2D eigenvalue weighted by Gasteiger charge is 2.53. The Labute approximate surface area is 49.1 Å². The van der Waals surface area contributed by atoms with E-state index >= 15 is 0 Å². The van der Waals surface area contributed by atoms with Crippen LogP contribution in [0.1, 0.15) is 19.8 Å². The third-order valence-electron chi connectivity index (χ3n) is 2.82. The second-order valence-electron chi connectivity index (χ2n) is 3.26. The van der Waals surface area contributed by atoms with Crippen LogP contribution in [0.3, 0.4) is 0 Å². The lowest BCUT2D eigenvalue weighted by molar-refractivity contribution is 0.303. The molecule has 2 saturated carbocycles. The van der Waals surface area contributed by atoms with E-state index in [0.29, 0.717) is 0 Å². The maximum Gasteiger partial charge on any atom is 0.101 e. The molecule has 0 N–H and O–H groups in total. The molecule has 2 aliphatic rings. The molecule has 2 aliphatic carbocycles. The largest absolute Gasteiger partial charge is 0.247 e. The highest BCUT2D eigenvalue weighted by molar-refractivity contribution is 5.01. The fourth-order valence-electron chi connectivity index (χ4n) is 2.10. The molecular weight excluding hydrogens is 103 g/mol. The molecule has 0 aromatic heterocycles. The lowest BCUT2D eigenvalue weighted by Crippen LogP contribution is -1.96. The van der Waals surface area contributed by atoms with Crippen molar-refractivity contribution in [1.29, 1.82) is 0 Å². The van der Waals surface area contributed by atoms with Crippen LogP contribution in [0.2, 0.25) is 0 Å². The van der Waals surface area contributed by atoms with Gasteiger partial charge in [0.05, 0.1) is 0 Å². The van der Waals surface area contributed by atoms with Crippen molar-refractivity contribution in [3.63, 3.8) is 0 Å². The molecule has 0 amide bonds. The molecule has 0 unspecified atom stereocenters. The van der Waals surface area contributed by atoms with E-state index in [-0.39, 0.29) is 0 Å². The van der Waals surface area contributed by atoms with Crippen LogP contribution in [0, 0.1) is 17.8 Å². The van der Waals surface area contributed by atoms with Gasteiger partial charge in [-0.3, -0.25) is 0 Å². The minimum Gasteiger partial charge on any atom is -0.247 e. The first-order chi connectivity index (χ1) is 3.79. The number of hydrogen-bond donors (Lipinski definition) is 0. The molecule has 0 heterocycles. The van der Waals surface area contributed by atoms with Gasteiger partial charge in [0.25, 0.3) is 0 Å². The molecule has 0 aromatic carbocycles. The Morgan fingerprint density at radius 2 is 1.75 bits per heavy atom. The van der Waals surface area contributed by atoms with Crippen LogP contribution < -0.4 is 0 Å². The van der Waals surface area contributed by atoms with E-state index < -0.39 is 6.17 Å². The Morgan fingerprint density at radius 1 is 1.25 bits per heavy atom. The predicted octanol–water partition coefficient (Wildman–Crippen LogP) is 2.00. The normalized spacial score (nSPS) is 60.8. The highest BCUT2D eigenvalue weighted by Crippen LogP contribution is 2.57. The summed E-state index contributed by atoms with van der Waals surface area (Å²) in [6, 6.07) is 0. The average Bonchev–Trinajstić information content (AvgIpc) is 2.29. The quantitative estimate of drug-likeness (QED) is 0.452. The van der Waals surface area contributed by atoms with E-state index in [1.165, 1.54) is 0 Å². The van der Waals surface area contributed by atoms with E-state index in [9.17, 15) is 4.39 Å². The molecule has 0 spiro atoms. The fourth-order valence-corrected chi connectivity index (χ4v) is 2.10. The van der Waals surface area contributed by atoms with E-state index in [1.54, 1.807) is 0 Å². The second-order valence-corrected chi connectivity index (χ2v) is 3.26. The molecule has 0 aliphatic heterocycles. The van der Waals surface area contributed by atoms with Crippen LogP contribution in [0.15, 0.2) is 0 Å². The lowest BCUT2D eigenvalue weighted by atomic mass is 10.1. The zero-order valence-corrected chi connectivity index (χ0v) is 5.10. The number of halogens is 1. The van der Waals surface area contributed by atoms with Gasteiger partial charge >= 0.3 is 0 Å². The molecule has 1 heteroatoms. The van der Waals surface area contributed by atoms with Crippen LogP contribution in [-0.4, -0.2) is 6.17 Å². The number of hydrogen-bond acceptors (Lipinski definition) is 0. The monoisotopic (exact) mass is 114 g/mol. The Bertz CT molecular complexity index is 99.0. The van der Waals surface area contributed by atoms with E-state index in [1.807, 2.05) is 0 Å². The minimum absolute atomic E-state index is 0.443. The van der Waals surface area contributed by atoms with Crippen LogP contribution in [0.25, 0.3) is 0 Å². The number of rotatable bonds is 0. The predicted molar refractivity (Wildman–Crippen MR) is 30.3 cm³/mol. The molecule has 0 aromatic rings. The summed E-state index contributed by atoms with van der Waals surface area (Å²) >= 11 is 0. The van der Waals surface area contributed by atoms with Crippen LogP contribution in [0.4, 0.5) is 4.39 Å². The van der Waals surface area contributed by atoms with Gasteiger partial charge in [0, 0.05) is 0 Å². The fraction of sp³-hybridized carbons (Fsp3) is 1.00. The minimum atomic E-state index is -0.443. The molecule has 2 rings (SSSR count). The molecule has 2 fully saturated rings. The van der Waals surface area contributed by atoms with Gasteiger partial charge in [-0.05, 0) is 30.6 Å². The first kappa shape index (κ1) is 4.78. The second kappa shape index (κ2) is 1.26. The Morgan fingerprint density at radius 3 is 2.12 bits per heavy atom. The topological polar surface area (TPSA) is 0 Å². The summed E-state index contributed by atoms with van der Waals surface area (Å²) in [5.74, 6) is 2.43. The van der Waals surface area contributed by atoms with Gasteiger partial charge < -0.3 is 0 Å². The first-order valence-corrected chi connectivity index (χ1v) is 3.43. The Kier molecular flexibility index (Phi) is 0.750. The van der Waals surface area contributed by atoms with Gasteiger partial charge in [0.1, 0.15) is 6.17 Å². The van der Waals surface area contributed by atoms with Gasteiger partial charge in [-0.1, -0.05) is 6.92 Å². The molecular formula is C7H11F.